The number of benzene rings is 2. The van der Waals surface area contributed by atoms with Crippen molar-refractivity contribution >= 4 is 23.2 Å². The van der Waals surface area contributed by atoms with E-state index in [9.17, 15) is 4.79 Å². The van der Waals surface area contributed by atoms with Gasteiger partial charge in [0.1, 0.15) is 0 Å². The molecule has 7 heteroatoms. The molecule has 1 aliphatic rings. The lowest BCUT2D eigenvalue weighted by Crippen LogP contribution is -2.35. The zero-order chi connectivity index (χ0) is 20.6. The number of guanidine groups is 1. The number of nitrogens with one attached hydrogen (secondary N) is 2. The third-order valence-corrected chi connectivity index (χ3v) is 4.90. The van der Waals surface area contributed by atoms with Gasteiger partial charge in [-0.1, -0.05) is 12.1 Å². The van der Waals surface area contributed by atoms with Crippen LogP contribution in [0.3, 0.4) is 0 Å². The lowest BCUT2D eigenvalue weighted by atomic mass is 10.1. The highest BCUT2D eigenvalue weighted by Crippen LogP contribution is 2.29. The van der Waals surface area contributed by atoms with Crippen LogP contribution in [0.1, 0.15) is 24.8 Å². The predicted molar refractivity (Wildman–Crippen MR) is 116 cm³/mol. The van der Waals surface area contributed by atoms with Gasteiger partial charge in [0.2, 0.25) is 5.91 Å². The van der Waals surface area contributed by atoms with Gasteiger partial charge in [-0.15, -0.1) is 0 Å². The molecule has 1 saturated heterocycles. The van der Waals surface area contributed by atoms with Crippen molar-refractivity contribution in [3.8, 4) is 11.5 Å². The first-order valence-electron chi connectivity index (χ1n) is 9.73. The highest BCUT2D eigenvalue weighted by Gasteiger charge is 2.19. The van der Waals surface area contributed by atoms with Gasteiger partial charge >= 0.3 is 0 Å². The highest BCUT2D eigenvalue weighted by molar-refractivity contribution is 5.94. The number of hydrogen-bond donors (Lipinski definition) is 2. The summed E-state index contributed by atoms with van der Waals surface area (Å²) in [5.41, 5.74) is 2.91. The molecule has 1 heterocycles. The number of carbonyl (C=O) groups excluding carboxylic acids is 1. The Morgan fingerprint density at radius 1 is 1.07 bits per heavy atom. The maximum Gasteiger partial charge on any atom is 0.226 e. The molecule has 0 bridgehead atoms. The van der Waals surface area contributed by atoms with Crippen LogP contribution < -0.4 is 25.0 Å². The Morgan fingerprint density at radius 2 is 1.83 bits per heavy atom. The van der Waals surface area contributed by atoms with Crippen LogP contribution in [0.2, 0.25) is 0 Å². The van der Waals surface area contributed by atoms with Crippen molar-refractivity contribution in [2.45, 2.75) is 25.8 Å². The molecule has 0 atom stereocenters. The van der Waals surface area contributed by atoms with E-state index >= 15 is 0 Å². The maximum absolute atomic E-state index is 12.1. The molecule has 3 rings (SSSR count). The lowest BCUT2D eigenvalue weighted by molar-refractivity contribution is -0.119. The lowest BCUT2D eigenvalue weighted by Gasteiger charge is -2.26. The van der Waals surface area contributed by atoms with E-state index in [0.717, 1.165) is 36.3 Å². The molecule has 0 unspecified atom stereocenters. The monoisotopic (exact) mass is 396 g/mol. The molecular formula is C22H28N4O3. The molecule has 7 nitrogen and oxygen atoms in total. The van der Waals surface area contributed by atoms with Gasteiger partial charge in [0, 0.05) is 44.0 Å². The second-order valence-electron chi connectivity index (χ2n) is 6.79. The van der Waals surface area contributed by atoms with Crippen molar-refractivity contribution in [1.29, 1.82) is 0 Å². The minimum atomic E-state index is 0.210. The number of hydrogen-bond acceptors (Lipinski definition) is 4. The van der Waals surface area contributed by atoms with Crippen molar-refractivity contribution < 1.29 is 14.3 Å². The quantitative estimate of drug-likeness (QED) is 0.578. The maximum atomic E-state index is 12.1. The summed E-state index contributed by atoms with van der Waals surface area (Å²) in [6, 6.07) is 13.7. The molecule has 0 aromatic heterocycles. The SMILES string of the molecule is CN=C(NCc1ccc(N2CCCCC2=O)cc1)Nc1ccc(OC)c(OC)c1. The zero-order valence-corrected chi connectivity index (χ0v) is 17.2. The number of rotatable bonds is 6. The number of ether oxygens (including phenoxy) is 2. The molecule has 0 spiro atoms. The number of anilines is 2. The summed E-state index contributed by atoms with van der Waals surface area (Å²) >= 11 is 0. The molecule has 154 valence electrons. The Morgan fingerprint density at radius 3 is 2.48 bits per heavy atom. The van der Waals surface area contributed by atoms with Gasteiger partial charge in [-0.25, -0.2) is 0 Å². The van der Waals surface area contributed by atoms with Crippen molar-refractivity contribution in [3.63, 3.8) is 0 Å². The van der Waals surface area contributed by atoms with Gasteiger partial charge in [-0.3, -0.25) is 9.79 Å². The summed E-state index contributed by atoms with van der Waals surface area (Å²) in [4.78, 5) is 18.2. The fraction of sp³-hybridized carbons (Fsp3) is 0.364. The molecule has 0 radical (unpaired) electrons. The largest absolute Gasteiger partial charge is 0.493 e. The molecule has 1 fully saturated rings. The summed E-state index contributed by atoms with van der Waals surface area (Å²) in [7, 11) is 4.94. The Balaban J connectivity index is 1.59. The van der Waals surface area contributed by atoms with Gasteiger partial charge in [-0.05, 0) is 42.7 Å². The summed E-state index contributed by atoms with van der Waals surface area (Å²) < 4.78 is 10.6. The summed E-state index contributed by atoms with van der Waals surface area (Å²) in [6.07, 6.45) is 2.69. The summed E-state index contributed by atoms with van der Waals surface area (Å²) in [5.74, 6) is 2.18. The van der Waals surface area contributed by atoms with Crippen LogP contribution in [-0.2, 0) is 11.3 Å². The second kappa shape index (κ2) is 9.82. The first kappa shape index (κ1) is 20.5. The number of nitrogens with zero attached hydrogens (tertiary/aromatic N) is 2. The van der Waals surface area contributed by atoms with Crippen LogP contribution in [0, 0.1) is 0 Å². The number of amides is 1. The highest BCUT2D eigenvalue weighted by atomic mass is 16.5. The average Bonchev–Trinajstić information content (AvgIpc) is 2.77. The predicted octanol–water partition coefficient (Wildman–Crippen LogP) is 3.41. The smallest absolute Gasteiger partial charge is 0.226 e. The number of methoxy groups -OCH3 is 2. The van der Waals surface area contributed by atoms with Crippen LogP contribution in [-0.4, -0.2) is 39.7 Å². The van der Waals surface area contributed by atoms with E-state index in [1.165, 1.54) is 0 Å². The Hall–Kier alpha value is -3.22. The molecule has 1 aliphatic heterocycles. The summed E-state index contributed by atoms with van der Waals surface area (Å²) in [5, 5.41) is 6.54. The number of carbonyl (C=O) groups is 1. The fourth-order valence-corrected chi connectivity index (χ4v) is 3.29. The van der Waals surface area contributed by atoms with Crippen LogP contribution in [0.25, 0.3) is 0 Å². The molecule has 2 aromatic rings. The van der Waals surface area contributed by atoms with Crippen molar-refractivity contribution in [2.24, 2.45) is 4.99 Å². The van der Waals surface area contributed by atoms with E-state index in [1.807, 2.05) is 47.4 Å². The van der Waals surface area contributed by atoms with Gasteiger partial charge in [0.25, 0.3) is 0 Å². The van der Waals surface area contributed by atoms with Gasteiger partial charge in [-0.2, -0.15) is 0 Å². The molecule has 2 aromatic carbocycles. The van der Waals surface area contributed by atoms with Crippen LogP contribution in [0.5, 0.6) is 11.5 Å². The standard InChI is InChI=1S/C22H28N4O3/c1-23-22(25-17-9-12-19(28-2)20(14-17)29-3)24-15-16-7-10-18(11-8-16)26-13-5-4-6-21(26)27/h7-12,14H,4-6,13,15H2,1-3H3,(H2,23,24,25). The van der Waals surface area contributed by atoms with Crippen molar-refractivity contribution in [1.82, 2.24) is 5.32 Å². The van der Waals surface area contributed by atoms with Gasteiger partial charge < -0.3 is 25.0 Å². The molecule has 29 heavy (non-hydrogen) atoms. The third-order valence-electron chi connectivity index (χ3n) is 4.90. The van der Waals surface area contributed by atoms with E-state index in [-0.39, 0.29) is 5.91 Å². The van der Waals surface area contributed by atoms with E-state index < -0.39 is 0 Å². The molecule has 2 N–H and O–H groups in total. The van der Waals surface area contributed by atoms with Crippen LogP contribution >= 0.6 is 0 Å². The molecular weight excluding hydrogens is 368 g/mol. The molecule has 1 amide bonds. The fourth-order valence-electron chi connectivity index (χ4n) is 3.29. The van der Waals surface area contributed by atoms with Crippen molar-refractivity contribution in [3.05, 3.63) is 48.0 Å². The Bertz CT molecular complexity index is 865. The van der Waals surface area contributed by atoms with E-state index in [1.54, 1.807) is 21.3 Å². The third kappa shape index (κ3) is 5.19. The van der Waals surface area contributed by atoms with E-state index in [4.69, 9.17) is 9.47 Å². The van der Waals surface area contributed by atoms with Gasteiger partial charge in [0.05, 0.1) is 14.2 Å². The Kier molecular flexibility index (Phi) is 6.94. The van der Waals surface area contributed by atoms with Crippen LogP contribution in [0.4, 0.5) is 11.4 Å². The average molecular weight is 396 g/mol. The summed E-state index contributed by atoms with van der Waals surface area (Å²) in [6.45, 7) is 1.42. The van der Waals surface area contributed by atoms with Gasteiger partial charge in [0.15, 0.2) is 17.5 Å². The van der Waals surface area contributed by atoms with E-state index in [2.05, 4.69) is 15.6 Å². The number of piperidine rings is 1. The normalized spacial score (nSPS) is 14.5. The Labute approximate surface area is 171 Å². The minimum Gasteiger partial charge on any atom is -0.493 e. The van der Waals surface area contributed by atoms with Crippen molar-refractivity contribution in [2.75, 3.05) is 38.0 Å². The minimum absolute atomic E-state index is 0.210. The van der Waals surface area contributed by atoms with Crippen LogP contribution in [0.15, 0.2) is 47.5 Å². The second-order valence-corrected chi connectivity index (χ2v) is 6.79. The molecule has 0 saturated carbocycles. The first-order chi connectivity index (χ1) is 14.1. The van der Waals surface area contributed by atoms with E-state index in [0.29, 0.717) is 30.4 Å². The zero-order valence-electron chi connectivity index (χ0n) is 17.2. The first-order valence-corrected chi connectivity index (χ1v) is 9.73. The molecule has 0 aliphatic carbocycles. The number of aliphatic imine (C=N–C) groups is 1. The topological polar surface area (TPSA) is 75.2 Å².